The minimum atomic E-state index is -2.79. The molecule has 9 heteroatoms. The molecule has 2 aliphatic heterocycles. The molecule has 0 amide bonds. The molecule has 7 nitrogen and oxygen atoms in total. The van der Waals surface area contributed by atoms with Crippen molar-refractivity contribution in [3.63, 3.8) is 0 Å². The van der Waals surface area contributed by atoms with E-state index in [2.05, 4.69) is 30.2 Å². The number of anilines is 1. The van der Waals surface area contributed by atoms with Crippen molar-refractivity contribution < 1.29 is 8.78 Å². The number of hydrogen-bond acceptors (Lipinski definition) is 6. The minimum Gasteiger partial charge on any atom is -0.352 e. The van der Waals surface area contributed by atoms with E-state index >= 15 is 0 Å². The fraction of sp³-hybridized carbons (Fsp3) is 0.412. The van der Waals surface area contributed by atoms with Crippen molar-refractivity contribution in [1.29, 1.82) is 5.41 Å². The molecular formula is C17H19F2N7. The number of aromatic amines is 1. The van der Waals surface area contributed by atoms with Crippen LogP contribution in [0.3, 0.4) is 0 Å². The molecule has 3 N–H and O–H groups in total. The molecule has 2 unspecified atom stereocenters. The minimum absolute atomic E-state index is 0.395. The second-order valence-corrected chi connectivity index (χ2v) is 6.50. The van der Waals surface area contributed by atoms with E-state index in [1.165, 1.54) is 12.4 Å². The predicted molar refractivity (Wildman–Crippen MR) is 94.5 cm³/mol. The highest BCUT2D eigenvalue weighted by Gasteiger charge is 2.38. The number of alkyl halides is 2. The zero-order valence-corrected chi connectivity index (χ0v) is 14.0. The number of imidazole rings is 1. The molecule has 2 fully saturated rings. The predicted octanol–water partition coefficient (Wildman–Crippen LogP) is 1.96. The molecule has 0 bridgehead atoms. The number of hydrogen-bond donors (Lipinski definition) is 3. The fourth-order valence-electron chi connectivity index (χ4n) is 3.58. The summed E-state index contributed by atoms with van der Waals surface area (Å²) in [6.07, 6.45) is 3.89. The number of allylic oxidation sites excluding steroid dienone is 1. The zero-order valence-electron chi connectivity index (χ0n) is 14.0. The third-order valence-electron chi connectivity index (χ3n) is 4.92. The lowest BCUT2D eigenvalue weighted by molar-refractivity contribution is 0.226. The molecule has 2 atom stereocenters. The molecule has 2 saturated heterocycles. The zero-order chi connectivity index (χ0) is 18.1. The lowest BCUT2D eigenvalue weighted by atomic mass is 10.1. The molecule has 0 spiro atoms. The molecule has 0 aromatic carbocycles. The summed E-state index contributed by atoms with van der Waals surface area (Å²) in [5, 5.41) is 10.6. The van der Waals surface area contributed by atoms with Crippen LogP contribution in [-0.2, 0) is 0 Å². The van der Waals surface area contributed by atoms with Crippen LogP contribution in [0.5, 0.6) is 0 Å². The molecule has 26 heavy (non-hydrogen) atoms. The third-order valence-corrected chi connectivity index (χ3v) is 4.92. The number of H-pyrrole nitrogens is 1. The molecule has 136 valence electrons. The maximum Gasteiger partial charge on any atom is 0.279 e. The Balaban J connectivity index is 1.53. The highest BCUT2D eigenvalue weighted by molar-refractivity contribution is 5.97. The van der Waals surface area contributed by atoms with Crippen molar-refractivity contribution >= 4 is 17.6 Å². The van der Waals surface area contributed by atoms with Gasteiger partial charge in [0.1, 0.15) is 18.0 Å². The van der Waals surface area contributed by atoms with Crippen LogP contribution in [0.4, 0.5) is 14.6 Å². The molecule has 2 aromatic rings. The molecule has 2 aliphatic rings. The monoisotopic (exact) mass is 359 g/mol. The highest BCUT2D eigenvalue weighted by Crippen LogP contribution is 2.31. The maximum atomic E-state index is 12.4. The molecule has 2 aromatic heterocycles. The van der Waals surface area contributed by atoms with Crippen molar-refractivity contribution in [2.45, 2.75) is 18.9 Å². The molecule has 0 radical (unpaired) electrons. The summed E-state index contributed by atoms with van der Waals surface area (Å²) >= 11 is 0. The van der Waals surface area contributed by atoms with Gasteiger partial charge >= 0.3 is 0 Å². The number of aromatic nitrogens is 4. The van der Waals surface area contributed by atoms with E-state index in [0.29, 0.717) is 29.2 Å². The lowest BCUT2D eigenvalue weighted by Crippen LogP contribution is -2.34. The van der Waals surface area contributed by atoms with E-state index in [4.69, 9.17) is 5.41 Å². The van der Waals surface area contributed by atoms with E-state index in [-0.39, 0.29) is 0 Å². The van der Waals surface area contributed by atoms with Crippen LogP contribution in [0.2, 0.25) is 0 Å². The van der Waals surface area contributed by atoms with Crippen molar-refractivity contribution in [3.8, 4) is 11.4 Å². The van der Waals surface area contributed by atoms with Crippen LogP contribution in [0.1, 0.15) is 12.2 Å². The van der Waals surface area contributed by atoms with E-state index < -0.39 is 12.1 Å². The standard InChI is InChI=1S/C17H19F2N7/c18-17(19)11(20)1-2-15-22-7-13(25-15)12-5-16(24-9-23-12)26-4-3-10-6-21-8-14(10)26/h1-2,5,7,9-10,14,17,20-21H,3-4,6,8H2,(H,22,25)/b2-1-,20-11?. The largest absolute Gasteiger partial charge is 0.352 e. The molecule has 0 saturated carbocycles. The number of nitrogens with one attached hydrogen (secondary N) is 3. The van der Waals surface area contributed by atoms with Gasteiger partial charge in [0.25, 0.3) is 6.43 Å². The van der Waals surface area contributed by atoms with Crippen LogP contribution in [0.25, 0.3) is 17.5 Å². The van der Waals surface area contributed by atoms with Gasteiger partial charge in [-0.3, -0.25) is 5.41 Å². The van der Waals surface area contributed by atoms with Crippen LogP contribution in [-0.4, -0.2) is 57.7 Å². The van der Waals surface area contributed by atoms with Gasteiger partial charge in [0.05, 0.1) is 23.3 Å². The maximum absolute atomic E-state index is 12.4. The van der Waals surface area contributed by atoms with Gasteiger partial charge in [-0.1, -0.05) is 0 Å². The first kappa shape index (κ1) is 16.8. The molecule has 4 rings (SSSR count). The van der Waals surface area contributed by atoms with Crippen LogP contribution < -0.4 is 10.2 Å². The smallest absolute Gasteiger partial charge is 0.279 e. The number of rotatable bonds is 5. The Morgan fingerprint density at radius 3 is 3.04 bits per heavy atom. The normalized spacial score (nSPS) is 22.5. The summed E-state index contributed by atoms with van der Waals surface area (Å²) in [7, 11) is 0. The Morgan fingerprint density at radius 1 is 1.31 bits per heavy atom. The van der Waals surface area contributed by atoms with Crippen molar-refractivity contribution in [3.05, 3.63) is 30.5 Å². The summed E-state index contributed by atoms with van der Waals surface area (Å²) in [5.74, 6) is 1.95. The van der Waals surface area contributed by atoms with Gasteiger partial charge in [-0.25, -0.2) is 23.7 Å². The van der Waals surface area contributed by atoms with Crippen molar-refractivity contribution in [1.82, 2.24) is 25.3 Å². The topological polar surface area (TPSA) is 93.6 Å². The summed E-state index contributed by atoms with van der Waals surface area (Å²) in [5.41, 5.74) is 0.624. The highest BCUT2D eigenvalue weighted by atomic mass is 19.3. The molecule has 0 aliphatic carbocycles. The average molecular weight is 359 g/mol. The number of halogens is 2. The van der Waals surface area contributed by atoms with Gasteiger partial charge in [0.2, 0.25) is 0 Å². The third kappa shape index (κ3) is 3.22. The second kappa shape index (κ2) is 6.91. The Labute approximate surface area is 149 Å². The average Bonchev–Trinajstić information content (AvgIpc) is 3.36. The summed E-state index contributed by atoms with van der Waals surface area (Å²) in [6, 6.07) is 2.39. The van der Waals surface area contributed by atoms with Gasteiger partial charge < -0.3 is 15.2 Å². The summed E-state index contributed by atoms with van der Waals surface area (Å²) in [6.45, 7) is 3.02. The Morgan fingerprint density at radius 2 is 2.19 bits per heavy atom. The fourth-order valence-corrected chi connectivity index (χ4v) is 3.58. The van der Waals surface area contributed by atoms with Gasteiger partial charge in [-0.05, 0) is 24.5 Å². The van der Waals surface area contributed by atoms with Crippen LogP contribution >= 0.6 is 0 Å². The summed E-state index contributed by atoms with van der Waals surface area (Å²) in [4.78, 5) is 18.2. The molecular weight excluding hydrogens is 340 g/mol. The quantitative estimate of drug-likeness (QED) is 0.710. The van der Waals surface area contributed by atoms with E-state index in [0.717, 1.165) is 37.9 Å². The number of nitrogens with zero attached hydrogens (tertiary/aromatic N) is 4. The van der Waals surface area contributed by atoms with E-state index in [1.54, 1.807) is 6.20 Å². The van der Waals surface area contributed by atoms with Gasteiger partial charge in [0.15, 0.2) is 0 Å². The van der Waals surface area contributed by atoms with E-state index in [1.807, 2.05) is 6.07 Å². The van der Waals surface area contributed by atoms with Gasteiger partial charge in [-0.2, -0.15) is 0 Å². The Hall–Kier alpha value is -2.68. The molecule has 4 heterocycles. The Kier molecular flexibility index (Phi) is 4.46. The van der Waals surface area contributed by atoms with Crippen molar-refractivity contribution in [2.24, 2.45) is 5.92 Å². The summed E-state index contributed by atoms with van der Waals surface area (Å²) < 4.78 is 24.7. The first-order valence-corrected chi connectivity index (χ1v) is 8.51. The second-order valence-electron chi connectivity index (χ2n) is 6.50. The lowest BCUT2D eigenvalue weighted by Gasteiger charge is -2.24. The van der Waals surface area contributed by atoms with Crippen molar-refractivity contribution in [2.75, 3.05) is 24.5 Å². The van der Waals surface area contributed by atoms with Crippen LogP contribution in [0.15, 0.2) is 24.7 Å². The van der Waals surface area contributed by atoms with Gasteiger partial charge in [0, 0.05) is 31.7 Å². The van der Waals surface area contributed by atoms with Crippen LogP contribution in [0, 0.1) is 11.3 Å². The van der Waals surface area contributed by atoms with E-state index in [9.17, 15) is 8.78 Å². The SMILES string of the molecule is N=C(/C=C\c1ncc(-c2cc(N3CCC4CNCC43)ncn2)[nH]1)C(F)F. The first-order chi connectivity index (χ1) is 12.6. The Bertz CT molecular complexity index is 832. The first-order valence-electron chi connectivity index (χ1n) is 8.51. The number of fused-ring (bicyclic) bond motifs is 1. The van der Waals surface area contributed by atoms with Gasteiger partial charge in [-0.15, -0.1) is 0 Å².